The lowest BCUT2D eigenvalue weighted by Crippen LogP contribution is -2.06. The van der Waals surface area contributed by atoms with Crippen LogP contribution in [0.5, 0.6) is 5.75 Å². The largest absolute Gasteiger partial charge is 0.497 e. The fraction of sp³-hybridized carbons (Fsp3) is 0.385. The number of rotatable bonds is 7. The minimum atomic E-state index is 0.676. The van der Waals surface area contributed by atoms with Crippen molar-refractivity contribution in [3.05, 3.63) is 36.2 Å². The average molecular weight is 278 g/mol. The summed E-state index contributed by atoms with van der Waals surface area (Å²) in [6.07, 6.45) is 2.90. The topological polar surface area (TPSA) is 66.0 Å². The van der Waals surface area contributed by atoms with E-state index in [1.54, 1.807) is 18.9 Å². The predicted molar refractivity (Wildman–Crippen MR) is 76.2 cm³/mol. The van der Waals surface area contributed by atoms with E-state index in [0.717, 1.165) is 30.2 Å². The van der Waals surface area contributed by atoms with Crippen LogP contribution in [-0.4, -0.2) is 28.6 Å². The van der Waals surface area contributed by atoms with Crippen LogP contribution in [0.15, 0.2) is 35.4 Å². The Morgan fingerprint density at radius 3 is 2.79 bits per heavy atom. The van der Waals surface area contributed by atoms with Crippen LogP contribution in [0.3, 0.4) is 0 Å². The van der Waals surface area contributed by atoms with Gasteiger partial charge < -0.3 is 10.5 Å². The molecule has 2 aromatic rings. The van der Waals surface area contributed by atoms with E-state index in [1.807, 2.05) is 35.1 Å². The summed E-state index contributed by atoms with van der Waals surface area (Å²) in [5.74, 6) is 1.69. The molecule has 19 heavy (non-hydrogen) atoms. The van der Waals surface area contributed by atoms with Crippen molar-refractivity contribution in [1.82, 2.24) is 15.0 Å². The number of thioether (sulfide) groups is 1. The number of benzene rings is 1. The van der Waals surface area contributed by atoms with E-state index in [-0.39, 0.29) is 0 Å². The van der Waals surface area contributed by atoms with Crippen molar-refractivity contribution in [1.29, 1.82) is 0 Å². The molecular weight excluding hydrogens is 260 g/mol. The molecule has 102 valence electrons. The number of hydrogen-bond donors (Lipinski definition) is 1. The first kappa shape index (κ1) is 13.9. The molecule has 0 spiro atoms. The van der Waals surface area contributed by atoms with Gasteiger partial charge in [0.15, 0.2) is 0 Å². The minimum absolute atomic E-state index is 0.676. The van der Waals surface area contributed by atoms with Crippen LogP contribution in [0.1, 0.15) is 12.1 Å². The van der Waals surface area contributed by atoms with Gasteiger partial charge in [0.2, 0.25) is 0 Å². The Morgan fingerprint density at radius 1 is 1.32 bits per heavy atom. The lowest BCUT2D eigenvalue weighted by Gasteiger charge is -2.01. The molecule has 2 rings (SSSR count). The zero-order valence-electron chi connectivity index (χ0n) is 11.0. The maximum Gasteiger partial charge on any atom is 0.118 e. The molecule has 0 aliphatic carbocycles. The highest BCUT2D eigenvalue weighted by atomic mass is 32.2. The Labute approximate surface area is 117 Å². The van der Waals surface area contributed by atoms with Crippen LogP contribution in [0.25, 0.3) is 0 Å². The molecule has 0 unspecified atom stereocenters. The summed E-state index contributed by atoms with van der Waals surface area (Å²) in [5.41, 5.74) is 6.45. The number of nitrogens with two attached hydrogens (primary N) is 1. The molecule has 2 N–H and O–H groups in total. The van der Waals surface area contributed by atoms with Gasteiger partial charge in [0.1, 0.15) is 5.75 Å². The number of aromatic nitrogens is 3. The Kier molecular flexibility index (Phi) is 5.23. The van der Waals surface area contributed by atoms with Crippen molar-refractivity contribution >= 4 is 11.8 Å². The van der Waals surface area contributed by atoms with Gasteiger partial charge in [0.05, 0.1) is 12.8 Å². The molecular formula is C13H18N4OS. The summed E-state index contributed by atoms with van der Waals surface area (Å²) in [4.78, 5) is 1.19. The maximum absolute atomic E-state index is 5.47. The molecule has 0 radical (unpaired) electrons. The Bertz CT molecular complexity index is 498. The van der Waals surface area contributed by atoms with Gasteiger partial charge in [0.25, 0.3) is 0 Å². The molecule has 6 heteroatoms. The number of methoxy groups -OCH3 is 1. The van der Waals surface area contributed by atoms with E-state index in [9.17, 15) is 0 Å². The van der Waals surface area contributed by atoms with Crippen LogP contribution in [0.2, 0.25) is 0 Å². The van der Waals surface area contributed by atoms with Crippen molar-refractivity contribution in [2.45, 2.75) is 23.6 Å². The number of nitrogens with zero attached hydrogens (tertiary/aromatic N) is 3. The van der Waals surface area contributed by atoms with E-state index >= 15 is 0 Å². The van der Waals surface area contributed by atoms with Crippen LogP contribution in [-0.2, 0) is 12.3 Å². The lowest BCUT2D eigenvalue weighted by atomic mass is 10.3. The zero-order valence-corrected chi connectivity index (χ0v) is 11.8. The molecule has 0 atom stereocenters. The van der Waals surface area contributed by atoms with Crippen LogP contribution < -0.4 is 10.5 Å². The Hall–Kier alpha value is -1.53. The van der Waals surface area contributed by atoms with E-state index in [2.05, 4.69) is 10.3 Å². The van der Waals surface area contributed by atoms with E-state index in [0.29, 0.717) is 6.54 Å². The first-order chi connectivity index (χ1) is 9.31. The quantitative estimate of drug-likeness (QED) is 0.784. The van der Waals surface area contributed by atoms with E-state index in [4.69, 9.17) is 10.5 Å². The summed E-state index contributed by atoms with van der Waals surface area (Å²) < 4.78 is 6.97. The number of aryl methyl sites for hydroxylation is 1. The van der Waals surface area contributed by atoms with Crippen molar-refractivity contribution in [3.8, 4) is 5.75 Å². The Balaban J connectivity index is 1.85. The van der Waals surface area contributed by atoms with E-state index < -0.39 is 0 Å². The molecule has 5 nitrogen and oxygen atoms in total. The zero-order chi connectivity index (χ0) is 13.5. The van der Waals surface area contributed by atoms with Gasteiger partial charge in [-0.1, -0.05) is 5.21 Å². The van der Waals surface area contributed by atoms with Gasteiger partial charge in [-0.25, -0.2) is 0 Å². The smallest absolute Gasteiger partial charge is 0.118 e. The molecule has 0 aliphatic rings. The lowest BCUT2D eigenvalue weighted by molar-refractivity contribution is 0.414. The molecule has 0 bridgehead atoms. The third-order valence-corrected chi connectivity index (χ3v) is 3.67. The maximum atomic E-state index is 5.47. The molecule has 1 aromatic carbocycles. The summed E-state index contributed by atoms with van der Waals surface area (Å²) >= 11 is 1.73. The predicted octanol–water partition coefficient (Wildman–Crippen LogP) is 1.93. The van der Waals surface area contributed by atoms with Crippen molar-refractivity contribution < 1.29 is 4.74 Å². The van der Waals surface area contributed by atoms with Crippen molar-refractivity contribution in [2.24, 2.45) is 5.73 Å². The molecule has 0 saturated heterocycles. The fourth-order valence-electron chi connectivity index (χ4n) is 1.60. The first-order valence-corrected chi connectivity index (χ1v) is 7.16. The molecule has 0 aliphatic heterocycles. The van der Waals surface area contributed by atoms with Gasteiger partial charge in [-0.05, 0) is 37.2 Å². The summed E-state index contributed by atoms with van der Waals surface area (Å²) in [7, 11) is 1.67. The highest BCUT2D eigenvalue weighted by molar-refractivity contribution is 7.98. The second-order valence-corrected chi connectivity index (χ2v) is 5.13. The van der Waals surface area contributed by atoms with Gasteiger partial charge in [0, 0.05) is 23.4 Å². The van der Waals surface area contributed by atoms with Gasteiger partial charge >= 0.3 is 0 Å². The highest BCUT2D eigenvalue weighted by Crippen LogP contribution is 2.23. The van der Waals surface area contributed by atoms with Crippen molar-refractivity contribution in [2.75, 3.05) is 13.7 Å². The summed E-state index contributed by atoms with van der Waals surface area (Å²) in [5, 5.41) is 8.22. The Morgan fingerprint density at radius 2 is 2.11 bits per heavy atom. The molecule has 1 aromatic heterocycles. The van der Waals surface area contributed by atoms with Gasteiger partial charge in [-0.15, -0.1) is 16.9 Å². The standard InChI is InChI=1S/C13H18N4OS/c1-18-12-3-5-13(6-4-12)19-10-11-9-17(16-15-11)8-2-7-14/h3-6,9H,2,7-8,10,14H2,1H3. The first-order valence-electron chi connectivity index (χ1n) is 6.18. The normalized spacial score (nSPS) is 10.6. The molecule has 1 heterocycles. The van der Waals surface area contributed by atoms with Crippen LogP contribution in [0.4, 0.5) is 0 Å². The third kappa shape index (κ3) is 4.25. The molecule has 0 fully saturated rings. The average Bonchev–Trinajstić information content (AvgIpc) is 2.91. The van der Waals surface area contributed by atoms with Crippen molar-refractivity contribution in [3.63, 3.8) is 0 Å². The third-order valence-electron chi connectivity index (χ3n) is 2.62. The second-order valence-electron chi connectivity index (χ2n) is 4.08. The summed E-state index contributed by atoms with van der Waals surface area (Å²) in [6.45, 7) is 1.51. The van der Waals surface area contributed by atoms with Crippen LogP contribution in [0, 0.1) is 0 Å². The summed E-state index contributed by atoms with van der Waals surface area (Å²) in [6, 6.07) is 8.01. The van der Waals surface area contributed by atoms with Crippen LogP contribution >= 0.6 is 11.8 Å². The van der Waals surface area contributed by atoms with E-state index in [1.165, 1.54) is 4.90 Å². The highest BCUT2D eigenvalue weighted by Gasteiger charge is 2.02. The fourth-order valence-corrected chi connectivity index (χ4v) is 2.37. The minimum Gasteiger partial charge on any atom is -0.497 e. The molecule has 0 amide bonds. The SMILES string of the molecule is COc1ccc(SCc2cn(CCCN)nn2)cc1. The van der Waals surface area contributed by atoms with Gasteiger partial charge in [-0.2, -0.15) is 0 Å². The molecule has 0 saturated carbocycles. The van der Waals surface area contributed by atoms with Gasteiger partial charge in [-0.3, -0.25) is 4.68 Å². The number of hydrogen-bond acceptors (Lipinski definition) is 5. The monoisotopic (exact) mass is 278 g/mol. The number of ether oxygens (including phenoxy) is 1. The second kappa shape index (κ2) is 7.16.